The summed E-state index contributed by atoms with van der Waals surface area (Å²) in [5.41, 5.74) is 2.84. The van der Waals surface area contributed by atoms with Crippen molar-refractivity contribution in [2.75, 3.05) is 19.7 Å². The molecule has 4 aromatic carbocycles. The summed E-state index contributed by atoms with van der Waals surface area (Å²) in [7, 11) is -2.59. The fourth-order valence-corrected chi connectivity index (χ4v) is 6.08. The molecule has 0 bridgehead atoms. The maximum absolute atomic E-state index is 12.9. The molecule has 7 nitrogen and oxygen atoms in total. The lowest BCUT2D eigenvalue weighted by molar-refractivity contribution is -0.122. The summed E-state index contributed by atoms with van der Waals surface area (Å²) < 4.78 is 32.2. The SMILES string of the molecule is Cl.O=C(CC(N=S(=O)=O)c1ccccc1)NC1CCOc2c(CN3CCCCC3)cccc21.c1ccc2ccccc2c1. The first-order valence-corrected chi connectivity index (χ1v) is 15.7. The lowest BCUT2D eigenvalue weighted by atomic mass is 9.96. The minimum absolute atomic E-state index is 0. The van der Waals surface area contributed by atoms with E-state index in [1.165, 1.54) is 30.0 Å². The van der Waals surface area contributed by atoms with Crippen LogP contribution in [0, 0.1) is 0 Å². The molecule has 1 saturated heterocycles. The van der Waals surface area contributed by atoms with Crippen molar-refractivity contribution < 1.29 is 17.9 Å². The van der Waals surface area contributed by atoms with E-state index in [0.29, 0.717) is 18.6 Å². The quantitative estimate of drug-likeness (QED) is 0.239. The first-order valence-electron chi connectivity index (χ1n) is 14.6. The third kappa shape index (κ3) is 9.13. The van der Waals surface area contributed by atoms with Gasteiger partial charge in [0.25, 0.3) is 0 Å². The molecule has 0 spiro atoms. The Bertz CT molecular complexity index is 1550. The molecule has 6 rings (SSSR count). The second-order valence-corrected chi connectivity index (χ2v) is 11.4. The summed E-state index contributed by atoms with van der Waals surface area (Å²) in [6, 6.07) is 31.0. The van der Waals surface area contributed by atoms with Crippen LogP contribution in [0.5, 0.6) is 5.75 Å². The Labute approximate surface area is 261 Å². The minimum atomic E-state index is -2.59. The number of hydrogen-bond acceptors (Lipinski definition) is 6. The number of rotatable bonds is 7. The van der Waals surface area contributed by atoms with Gasteiger partial charge in [0.1, 0.15) is 11.8 Å². The molecular weight excluding hydrogens is 582 g/mol. The molecule has 226 valence electrons. The predicted octanol–water partition coefficient (Wildman–Crippen LogP) is 7.07. The Morgan fingerprint density at radius 2 is 1.49 bits per heavy atom. The number of para-hydroxylation sites is 1. The number of halogens is 1. The Balaban J connectivity index is 0.000000323. The van der Waals surface area contributed by atoms with Crippen LogP contribution in [0.4, 0.5) is 0 Å². The molecule has 2 aliphatic rings. The number of carbonyl (C=O) groups excluding carboxylic acids is 1. The number of hydrogen-bond donors (Lipinski definition) is 1. The normalized spacial score (nSPS) is 16.7. The summed E-state index contributed by atoms with van der Waals surface area (Å²) in [4.78, 5) is 15.3. The van der Waals surface area contributed by atoms with E-state index in [1.807, 2.05) is 30.3 Å². The molecule has 0 aromatic heterocycles. The number of carbonyl (C=O) groups is 1. The van der Waals surface area contributed by atoms with Crippen LogP contribution >= 0.6 is 12.4 Å². The Morgan fingerprint density at radius 1 is 0.860 bits per heavy atom. The van der Waals surface area contributed by atoms with Crippen LogP contribution in [0.1, 0.15) is 60.9 Å². The van der Waals surface area contributed by atoms with E-state index < -0.39 is 16.5 Å². The van der Waals surface area contributed by atoms with Gasteiger partial charge in [0.15, 0.2) is 0 Å². The van der Waals surface area contributed by atoms with Gasteiger partial charge in [-0.2, -0.15) is 12.8 Å². The first-order chi connectivity index (χ1) is 20.6. The molecule has 2 atom stereocenters. The number of nitrogens with zero attached hydrogens (tertiary/aromatic N) is 2. The average molecular weight is 620 g/mol. The van der Waals surface area contributed by atoms with E-state index in [0.717, 1.165) is 36.5 Å². The average Bonchev–Trinajstić information content (AvgIpc) is 3.02. The molecule has 2 unspecified atom stereocenters. The van der Waals surface area contributed by atoms with Gasteiger partial charge < -0.3 is 10.1 Å². The smallest absolute Gasteiger partial charge is 0.311 e. The van der Waals surface area contributed by atoms with Crippen LogP contribution in [0.15, 0.2) is 101 Å². The number of piperidine rings is 1. The molecule has 9 heteroatoms. The fourth-order valence-electron chi connectivity index (χ4n) is 5.68. The molecule has 2 aliphatic heterocycles. The second-order valence-electron chi connectivity index (χ2n) is 10.7. The number of likely N-dealkylation sites (tertiary alicyclic amines) is 1. The largest absolute Gasteiger partial charge is 0.493 e. The van der Waals surface area contributed by atoms with Crippen LogP contribution in [0.2, 0.25) is 0 Å². The van der Waals surface area contributed by atoms with Crippen molar-refractivity contribution in [1.29, 1.82) is 0 Å². The molecule has 0 saturated carbocycles. The lowest BCUT2D eigenvalue weighted by Crippen LogP contribution is -2.34. The van der Waals surface area contributed by atoms with E-state index >= 15 is 0 Å². The number of ether oxygens (including phenoxy) is 1. The van der Waals surface area contributed by atoms with Crippen molar-refractivity contribution >= 4 is 39.6 Å². The van der Waals surface area contributed by atoms with Gasteiger partial charge >= 0.3 is 10.5 Å². The van der Waals surface area contributed by atoms with E-state index in [4.69, 9.17) is 4.74 Å². The molecular formula is C34H38ClN3O4S. The molecule has 0 radical (unpaired) electrons. The third-order valence-electron chi connectivity index (χ3n) is 7.77. The third-order valence-corrected chi connectivity index (χ3v) is 8.19. The molecule has 4 aromatic rings. The zero-order chi connectivity index (χ0) is 29.1. The number of amides is 1. The van der Waals surface area contributed by atoms with Gasteiger partial charge in [-0.1, -0.05) is 103 Å². The minimum Gasteiger partial charge on any atom is -0.493 e. The zero-order valence-corrected chi connectivity index (χ0v) is 25.7. The van der Waals surface area contributed by atoms with Gasteiger partial charge in [-0.25, -0.2) is 0 Å². The Hall–Kier alpha value is -3.72. The van der Waals surface area contributed by atoms with Gasteiger partial charge in [0.05, 0.1) is 19.1 Å². The summed E-state index contributed by atoms with van der Waals surface area (Å²) in [6.45, 7) is 3.60. The topological polar surface area (TPSA) is 88.1 Å². The fraction of sp³-hybridized carbons (Fsp3) is 0.324. The highest BCUT2D eigenvalue weighted by molar-refractivity contribution is 7.61. The van der Waals surface area contributed by atoms with Crippen LogP contribution in [-0.2, 0) is 21.8 Å². The summed E-state index contributed by atoms with van der Waals surface area (Å²) in [6.07, 6.45) is 4.40. The highest BCUT2D eigenvalue weighted by Crippen LogP contribution is 2.36. The molecule has 0 aliphatic carbocycles. The lowest BCUT2D eigenvalue weighted by Gasteiger charge is -2.31. The molecule has 1 fully saturated rings. The second kappa shape index (κ2) is 16.2. The van der Waals surface area contributed by atoms with Crippen molar-refractivity contribution in [1.82, 2.24) is 10.2 Å². The maximum Gasteiger partial charge on any atom is 0.311 e. The predicted molar refractivity (Wildman–Crippen MR) is 173 cm³/mol. The number of benzene rings is 4. The van der Waals surface area contributed by atoms with Gasteiger partial charge in [0, 0.05) is 24.1 Å². The van der Waals surface area contributed by atoms with Gasteiger partial charge in [-0.3, -0.25) is 9.69 Å². The van der Waals surface area contributed by atoms with Crippen LogP contribution < -0.4 is 10.1 Å². The summed E-state index contributed by atoms with van der Waals surface area (Å²) >= 11 is 0. The van der Waals surface area contributed by atoms with Crippen molar-refractivity contribution in [3.63, 3.8) is 0 Å². The highest BCUT2D eigenvalue weighted by atomic mass is 35.5. The molecule has 1 amide bonds. The van der Waals surface area contributed by atoms with Crippen LogP contribution in [0.3, 0.4) is 0 Å². The molecule has 1 N–H and O–H groups in total. The monoisotopic (exact) mass is 619 g/mol. The van der Waals surface area contributed by atoms with Crippen LogP contribution in [0.25, 0.3) is 10.8 Å². The van der Waals surface area contributed by atoms with E-state index in [9.17, 15) is 13.2 Å². The first kappa shape index (κ1) is 32.2. The van der Waals surface area contributed by atoms with Crippen molar-refractivity contribution in [2.24, 2.45) is 4.36 Å². The Morgan fingerprint density at radius 3 is 2.12 bits per heavy atom. The van der Waals surface area contributed by atoms with E-state index in [-0.39, 0.29) is 30.8 Å². The van der Waals surface area contributed by atoms with Crippen molar-refractivity contribution in [2.45, 2.75) is 50.7 Å². The standard InChI is InChI=1S/C24H29N3O4S.C10H8.ClH/c28-23(16-22(26-32(29)30)18-8-3-1-4-9-18)25-21-12-15-31-24-19(10-7-11-20(21)24)17-27-13-5-2-6-14-27;1-2-6-10-8-4-3-7-9(10)5-1;/h1,3-4,7-11,21-22H,2,5-6,12-17H2,(H,25,28);1-8H;1H. The Kier molecular flexibility index (Phi) is 12.1. The number of nitrogens with one attached hydrogen (secondary N) is 1. The maximum atomic E-state index is 12.9. The zero-order valence-electron chi connectivity index (χ0n) is 24.1. The van der Waals surface area contributed by atoms with Crippen LogP contribution in [-0.4, -0.2) is 38.9 Å². The molecule has 2 heterocycles. The number of fused-ring (bicyclic) bond motifs is 2. The summed E-state index contributed by atoms with van der Waals surface area (Å²) in [5, 5.41) is 5.71. The summed E-state index contributed by atoms with van der Waals surface area (Å²) in [5.74, 6) is 0.645. The van der Waals surface area contributed by atoms with Gasteiger partial charge in [0.2, 0.25) is 5.91 Å². The molecule has 43 heavy (non-hydrogen) atoms. The van der Waals surface area contributed by atoms with Gasteiger partial charge in [-0.15, -0.1) is 12.4 Å². The van der Waals surface area contributed by atoms with E-state index in [2.05, 4.69) is 69.2 Å². The van der Waals surface area contributed by atoms with Crippen molar-refractivity contribution in [3.8, 4) is 5.75 Å². The highest BCUT2D eigenvalue weighted by Gasteiger charge is 2.27. The van der Waals surface area contributed by atoms with E-state index in [1.54, 1.807) is 12.1 Å². The van der Waals surface area contributed by atoms with Gasteiger partial charge in [-0.05, 0) is 42.3 Å². The van der Waals surface area contributed by atoms with Crippen molar-refractivity contribution in [3.05, 3.63) is 114 Å².